The first-order valence-corrected chi connectivity index (χ1v) is 6.38. The summed E-state index contributed by atoms with van der Waals surface area (Å²) in [6, 6.07) is 19.8. The summed E-state index contributed by atoms with van der Waals surface area (Å²) >= 11 is 0. The number of benzene rings is 2. The van der Waals surface area contributed by atoms with Crippen LogP contribution in [0.25, 0.3) is 10.9 Å². The molecule has 0 aliphatic carbocycles. The van der Waals surface area contributed by atoms with Crippen molar-refractivity contribution in [2.75, 3.05) is 0 Å². The fourth-order valence-corrected chi connectivity index (χ4v) is 2.35. The van der Waals surface area contributed by atoms with Crippen molar-refractivity contribution in [3.05, 3.63) is 82.1 Å². The van der Waals surface area contributed by atoms with E-state index in [2.05, 4.69) is 13.0 Å². The van der Waals surface area contributed by atoms with Gasteiger partial charge in [-0.1, -0.05) is 42.0 Å². The molecule has 0 bridgehead atoms. The van der Waals surface area contributed by atoms with Crippen LogP contribution in [0.3, 0.4) is 0 Å². The van der Waals surface area contributed by atoms with Crippen LogP contribution in [-0.4, -0.2) is 4.57 Å². The highest BCUT2D eigenvalue weighted by molar-refractivity contribution is 5.79. The van der Waals surface area contributed by atoms with E-state index in [1.165, 1.54) is 5.56 Å². The minimum atomic E-state index is 0.0419. The Labute approximate surface area is 111 Å². The van der Waals surface area contributed by atoms with Gasteiger partial charge >= 0.3 is 0 Å². The van der Waals surface area contributed by atoms with E-state index in [9.17, 15) is 4.79 Å². The molecule has 1 aromatic heterocycles. The normalized spacial score (nSPS) is 10.8. The first-order valence-electron chi connectivity index (χ1n) is 6.38. The molecule has 0 N–H and O–H groups in total. The molecule has 0 aliphatic heterocycles. The Hall–Kier alpha value is -2.35. The summed E-state index contributed by atoms with van der Waals surface area (Å²) in [4.78, 5) is 12.1. The molecule has 3 rings (SSSR count). The van der Waals surface area contributed by atoms with Gasteiger partial charge in [0.1, 0.15) is 0 Å². The predicted octanol–water partition coefficient (Wildman–Crippen LogP) is 3.36. The zero-order chi connectivity index (χ0) is 13.2. The Morgan fingerprint density at radius 1 is 0.947 bits per heavy atom. The zero-order valence-electron chi connectivity index (χ0n) is 10.8. The first kappa shape index (κ1) is 11.7. The molecule has 2 heteroatoms. The average Bonchev–Trinajstić information content (AvgIpc) is 2.43. The van der Waals surface area contributed by atoms with E-state index >= 15 is 0 Å². The minimum absolute atomic E-state index is 0.0419. The van der Waals surface area contributed by atoms with Crippen LogP contribution in [0.5, 0.6) is 0 Å². The number of pyridine rings is 1. The molecule has 3 aromatic rings. The number of nitrogens with zero attached hydrogens (tertiary/aromatic N) is 1. The smallest absolute Gasteiger partial charge is 0.251 e. The van der Waals surface area contributed by atoms with Crippen LogP contribution in [0.15, 0.2) is 65.5 Å². The lowest BCUT2D eigenvalue weighted by Gasteiger charge is -2.10. The van der Waals surface area contributed by atoms with Crippen LogP contribution in [0.1, 0.15) is 11.1 Å². The van der Waals surface area contributed by atoms with Crippen molar-refractivity contribution in [1.29, 1.82) is 0 Å². The third-order valence-corrected chi connectivity index (χ3v) is 3.33. The maximum absolute atomic E-state index is 12.1. The zero-order valence-corrected chi connectivity index (χ0v) is 10.8. The number of hydrogen-bond donors (Lipinski definition) is 0. The molecule has 0 radical (unpaired) electrons. The van der Waals surface area contributed by atoms with Crippen molar-refractivity contribution >= 4 is 10.9 Å². The van der Waals surface area contributed by atoms with E-state index in [0.717, 1.165) is 16.5 Å². The number of rotatable bonds is 2. The van der Waals surface area contributed by atoms with Gasteiger partial charge in [-0.3, -0.25) is 4.79 Å². The van der Waals surface area contributed by atoms with E-state index in [1.807, 2.05) is 53.1 Å². The van der Waals surface area contributed by atoms with E-state index < -0.39 is 0 Å². The Morgan fingerprint density at radius 3 is 2.53 bits per heavy atom. The number of aryl methyl sites for hydroxylation is 1. The second-order valence-corrected chi connectivity index (χ2v) is 4.81. The Morgan fingerprint density at radius 2 is 1.74 bits per heavy atom. The lowest BCUT2D eigenvalue weighted by atomic mass is 10.1. The van der Waals surface area contributed by atoms with Gasteiger partial charge < -0.3 is 4.57 Å². The molecule has 0 fully saturated rings. The number of fused-ring (bicyclic) bond motifs is 1. The summed E-state index contributed by atoms with van der Waals surface area (Å²) in [5.74, 6) is 0. The molecule has 19 heavy (non-hydrogen) atoms. The van der Waals surface area contributed by atoms with E-state index in [4.69, 9.17) is 0 Å². The maximum Gasteiger partial charge on any atom is 0.251 e. The highest BCUT2D eigenvalue weighted by Gasteiger charge is 2.03. The van der Waals surface area contributed by atoms with E-state index in [0.29, 0.717) is 6.54 Å². The second-order valence-electron chi connectivity index (χ2n) is 4.81. The molecule has 94 valence electrons. The predicted molar refractivity (Wildman–Crippen MR) is 78.5 cm³/mol. The van der Waals surface area contributed by atoms with Crippen LogP contribution in [0, 0.1) is 6.92 Å². The van der Waals surface area contributed by atoms with Crippen LogP contribution < -0.4 is 5.56 Å². The van der Waals surface area contributed by atoms with Crippen molar-refractivity contribution < 1.29 is 0 Å². The average molecular weight is 249 g/mol. The van der Waals surface area contributed by atoms with Crippen LogP contribution in [-0.2, 0) is 6.54 Å². The Balaban J connectivity index is 2.17. The third kappa shape index (κ3) is 2.29. The van der Waals surface area contributed by atoms with Gasteiger partial charge in [-0.25, -0.2) is 0 Å². The second kappa shape index (κ2) is 4.73. The summed E-state index contributed by atoms with van der Waals surface area (Å²) in [5, 5.41) is 1.11. The summed E-state index contributed by atoms with van der Waals surface area (Å²) in [7, 11) is 0. The molecule has 0 unspecified atom stereocenters. The standard InChI is InChI=1S/C17H15NO/c1-13-7-9-16-15(11-13)8-10-17(19)18(16)12-14-5-3-2-4-6-14/h2-11H,12H2,1H3. The molecule has 0 atom stereocenters. The van der Waals surface area contributed by atoms with Crippen molar-refractivity contribution in [3.8, 4) is 0 Å². The quantitative estimate of drug-likeness (QED) is 0.682. The van der Waals surface area contributed by atoms with Crippen LogP contribution in [0.2, 0.25) is 0 Å². The highest BCUT2D eigenvalue weighted by atomic mass is 16.1. The summed E-state index contributed by atoms with van der Waals surface area (Å²) in [6.07, 6.45) is 0. The van der Waals surface area contributed by atoms with Gasteiger partial charge in [0.25, 0.3) is 5.56 Å². The van der Waals surface area contributed by atoms with Crippen molar-refractivity contribution in [1.82, 2.24) is 4.57 Å². The molecule has 1 heterocycles. The van der Waals surface area contributed by atoms with Gasteiger partial charge in [-0.05, 0) is 36.1 Å². The van der Waals surface area contributed by atoms with Gasteiger partial charge in [0, 0.05) is 6.07 Å². The molecule has 0 saturated heterocycles. The maximum atomic E-state index is 12.1. The molecular formula is C17H15NO. The van der Waals surface area contributed by atoms with E-state index in [-0.39, 0.29) is 5.56 Å². The first-order chi connectivity index (χ1) is 9.24. The molecule has 0 aliphatic rings. The van der Waals surface area contributed by atoms with Crippen LogP contribution in [0.4, 0.5) is 0 Å². The largest absolute Gasteiger partial charge is 0.304 e. The summed E-state index contributed by atoms with van der Waals surface area (Å²) < 4.78 is 1.82. The SMILES string of the molecule is Cc1ccc2c(ccc(=O)n2Cc2ccccc2)c1. The lowest BCUT2D eigenvalue weighted by Crippen LogP contribution is -2.19. The van der Waals surface area contributed by atoms with Crippen LogP contribution >= 0.6 is 0 Å². The Bertz CT molecular complexity index is 772. The molecule has 0 amide bonds. The Kier molecular flexibility index (Phi) is 2.92. The lowest BCUT2D eigenvalue weighted by molar-refractivity contribution is 0.795. The van der Waals surface area contributed by atoms with Gasteiger partial charge in [-0.2, -0.15) is 0 Å². The highest BCUT2D eigenvalue weighted by Crippen LogP contribution is 2.15. The summed E-state index contributed by atoms with van der Waals surface area (Å²) in [6.45, 7) is 2.67. The van der Waals surface area contributed by atoms with E-state index in [1.54, 1.807) is 6.07 Å². The minimum Gasteiger partial charge on any atom is -0.304 e. The summed E-state index contributed by atoms with van der Waals surface area (Å²) in [5.41, 5.74) is 3.37. The molecule has 2 aromatic carbocycles. The van der Waals surface area contributed by atoms with Crippen molar-refractivity contribution in [3.63, 3.8) is 0 Å². The van der Waals surface area contributed by atoms with Crippen molar-refractivity contribution in [2.24, 2.45) is 0 Å². The number of hydrogen-bond acceptors (Lipinski definition) is 1. The molecule has 2 nitrogen and oxygen atoms in total. The number of aromatic nitrogens is 1. The van der Waals surface area contributed by atoms with Gasteiger partial charge in [0.05, 0.1) is 12.1 Å². The topological polar surface area (TPSA) is 22.0 Å². The van der Waals surface area contributed by atoms with Crippen molar-refractivity contribution in [2.45, 2.75) is 13.5 Å². The van der Waals surface area contributed by atoms with Gasteiger partial charge in [0.15, 0.2) is 0 Å². The van der Waals surface area contributed by atoms with Gasteiger partial charge in [-0.15, -0.1) is 0 Å². The fraction of sp³-hybridized carbons (Fsp3) is 0.118. The molecule has 0 spiro atoms. The van der Waals surface area contributed by atoms with Gasteiger partial charge in [0.2, 0.25) is 0 Å². The monoisotopic (exact) mass is 249 g/mol. The molecular weight excluding hydrogens is 234 g/mol. The fourth-order valence-electron chi connectivity index (χ4n) is 2.35. The third-order valence-electron chi connectivity index (χ3n) is 3.33. The molecule has 0 saturated carbocycles.